The van der Waals surface area contributed by atoms with Gasteiger partial charge in [0.1, 0.15) is 18.1 Å². The largest absolute Gasteiger partial charge is 0.492 e. The number of carbonyl (C=O) groups is 1. The van der Waals surface area contributed by atoms with Crippen LogP contribution >= 0.6 is 0 Å². The SMILES string of the molecule is CC[C@H](Oc1cccc(C)c1)C(=O)NCCOc1ccc(S(=O)(=O)N(C)C)cc1. The second kappa shape index (κ2) is 10.3. The highest BCUT2D eigenvalue weighted by Gasteiger charge is 2.18. The third-order valence-corrected chi connectivity index (χ3v) is 6.03. The number of amides is 1. The number of ether oxygens (including phenoxy) is 2. The molecule has 0 aliphatic carbocycles. The monoisotopic (exact) mass is 420 g/mol. The van der Waals surface area contributed by atoms with Crippen molar-refractivity contribution in [1.29, 1.82) is 0 Å². The van der Waals surface area contributed by atoms with Crippen molar-refractivity contribution in [1.82, 2.24) is 9.62 Å². The van der Waals surface area contributed by atoms with E-state index >= 15 is 0 Å². The van der Waals surface area contributed by atoms with Gasteiger partial charge in [0, 0.05) is 14.1 Å². The third-order valence-electron chi connectivity index (χ3n) is 4.20. The first-order valence-electron chi connectivity index (χ1n) is 9.40. The van der Waals surface area contributed by atoms with Crippen molar-refractivity contribution in [2.24, 2.45) is 0 Å². The van der Waals surface area contributed by atoms with E-state index in [0.29, 0.717) is 24.5 Å². The smallest absolute Gasteiger partial charge is 0.261 e. The van der Waals surface area contributed by atoms with Gasteiger partial charge in [0.25, 0.3) is 5.91 Å². The lowest BCUT2D eigenvalue weighted by Crippen LogP contribution is -2.39. The zero-order chi connectivity index (χ0) is 21.4. The number of sulfonamides is 1. The molecule has 0 aliphatic rings. The van der Waals surface area contributed by atoms with Crippen LogP contribution in [0.2, 0.25) is 0 Å². The molecular weight excluding hydrogens is 392 g/mol. The Kier molecular flexibility index (Phi) is 8.04. The second-order valence-corrected chi connectivity index (χ2v) is 8.88. The van der Waals surface area contributed by atoms with Gasteiger partial charge in [-0.25, -0.2) is 12.7 Å². The number of nitrogens with one attached hydrogen (secondary N) is 1. The lowest BCUT2D eigenvalue weighted by atomic mass is 10.2. The molecule has 1 N–H and O–H groups in total. The number of aryl methyl sites for hydroxylation is 1. The summed E-state index contributed by atoms with van der Waals surface area (Å²) < 4.78 is 36.6. The number of hydrogen-bond acceptors (Lipinski definition) is 5. The van der Waals surface area contributed by atoms with E-state index in [-0.39, 0.29) is 17.4 Å². The molecule has 2 aromatic carbocycles. The van der Waals surface area contributed by atoms with Crippen LogP contribution in [0.3, 0.4) is 0 Å². The van der Waals surface area contributed by atoms with E-state index < -0.39 is 16.1 Å². The first-order valence-corrected chi connectivity index (χ1v) is 10.8. The fraction of sp³-hybridized carbons (Fsp3) is 0.381. The predicted molar refractivity (Wildman–Crippen MR) is 112 cm³/mol. The molecule has 0 bridgehead atoms. The first kappa shape index (κ1) is 22.7. The summed E-state index contributed by atoms with van der Waals surface area (Å²) >= 11 is 0. The van der Waals surface area contributed by atoms with Crippen molar-refractivity contribution in [3.63, 3.8) is 0 Å². The second-order valence-electron chi connectivity index (χ2n) is 6.73. The molecule has 0 spiro atoms. The van der Waals surface area contributed by atoms with Gasteiger partial charge in [0.05, 0.1) is 11.4 Å². The van der Waals surface area contributed by atoms with Crippen molar-refractivity contribution in [3.8, 4) is 11.5 Å². The van der Waals surface area contributed by atoms with Gasteiger partial charge in [-0.2, -0.15) is 0 Å². The van der Waals surface area contributed by atoms with Crippen LogP contribution in [0.25, 0.3) is 0 Å². The molecule has 29 heavy (non-hydrogen) atoms. The summed E-state index contributed by atoms with van der Waals surface area (Å²) in [4.78, 5) is 12.5. The van der Waals surface area contributed by atoms with Gasteiger partial charge in [0.15, 0.2) is 6.10 Å². The summed E-state index contributed by atoms with van der Waals surface area (Å²) in [5, 5.41) is 2.80. The average Bonchev–Trinajstić information content (AvgIpc) is 2.69. The highest BCUT2D eigenvalue weighted by molar-refractivity contribution is 7.89. The minimum atomic E-state index is -3.46. The molecule has 0 fully saturated rings. The maximum absolute atomic E-state index is 12.3. The van der Waals surface area contributed by atoms with Gasteiger partial charge in [-0.3, -0.25) is 4.79 Å². The average molecular weight is 421 g/mol. The van der Waals surface area contributed by atoms with Crippen LogP contribution in [0.5, 0.6) is 11.5 Å². The van der Waals surface area contributed by atoms with Crippen molar-refractivity contribution in [2.45, 2.75) is 31.3 Å². The van der Waals surface area contributed by atoms with E-state index in [1.165, 1.54) is 26.2 Å². The zero-order valence-corrected chi connectivity index (χ0v) is 18.0. The molecule has 0 radical (unpaired) electrons. The normalized spacial score (nSPS) is 12.4. The molecule has 158 valence electrons. The number of carbonyl (C=O) groups excluding carboxylic acids is 1. The number of nitrogens with zero attached hydrogens (tertiary/aromatic N) is 1. The van der Waals surface area contributed by atoms with E-state index in [4.69, 9.17) is 9.47 Å². The van der Waals surface area contributed by atoms with Crippen molar-refractivity contribution in [3.05, 3.63) is 54.1 Å². The Morgan fingerprint density at radius 2 is 1.79 bits per heavy atom. The maximum Gasteiger partial charge on any atom is 0.261 e. The van der Waals surface area contributed by atoms with E-state index in [9.17, 15) is 13.2 Å². The van der Waals surface area contributed by atoms with Gasteiger partial charge in [-0.15, -0.1) is 0 Å². The molecule has 0 aliphatic heterocycles. The molecule has 0 aromatic heterocycles. The minimum absolute atomic E-state index is 0.197. The molecule has 2 rings (SSSR count). The fourth-order valence-corrected chi connectivity index (χ4v) is 3.45. The Morgan fingerprint density at radius 3 is 2.38 bits per heavy atom. The summed E-state index contributed by atoms with van der Waals surface area (Å²) in [7, 11) is -0.503. The molecule has 0 unspecified atom stereocenters. The standard InChI is InChI=1S/C21H28N2O5S/c1-5-20(28-18-8-6-7-16(2)15-18)21(24)22-13-14-27-17-9-11-19(12-10-17)29(25,26)23(3)4/h6-12,15,20H,5,13-14H2,1-4H3,(H,22,24)/t20-/m0/s1. The number of benzene rings is 2. The Morgan fingerprint density at radius 1 is 1.10 bits per heavy atom. The predicted octanol–water partition coefficient (Wildman–Crippen LogP) is 2.60. The summed E-state index contributed by atoms with van der Waals surface area (Å²) in [5.74, 6) is 0.987. The van der Waals surface area contributed by atoms with E-state index in [1.807, 2.05) is 38.1 Å². The quantitative estimate of drug-likeness (QED) is 0.597. The van der Waals surface area contributed by atoms with E-state index in [0.717, 1.165) is 9.87 Å². The molecule has 2 aromatic rings. The maximum atomic E-state index is 12.3. The Labute approximate surface area is 172 Å². The van der Waals surface area contributed by atoms with Crippen LogP contribution < -0.4 is 14.8 Å². The van der Waals surface area contributed by atoms with Crippen molar-refractivity contribution < 1.29 is 22.7 Å². The summed E-state index contributed by atoms with van der Waals surface area (Å²) in [6.07, 6.45) is -0.0325. The van der Waals surface area contributed by atoms with Crippen LogP contribution in [0.1, 0.15) is 18.9 Å². The number of rotatable bonds is 10. The van der Waals surface area contributed by atoms with Crippen LogP contribution in [0, 0.1) is 6.92 Å². The minimum Gasteiger partial charge on any atom is -0.492 e. The lowest BCUT2D eigenvalue weighted by Gasteiger charge is -2.17. The topological polar surface area (TPSA) is 84.9 Å². The molecular formula is C21H28N2O5S. The van der Waals surface area contributed by atoms with Crippen LogP contribution in [-0.2, 0) is 14.8 Å². The fourth-order valence-electron chi connectivity index (χ4n) is 2.55. The highest BCUT2D eigenvalue weighted by atomic mass is 32.2. The highest BCUT2D eigenvalue weighted by Crippen LogP contribution is 2.18. The van der Waals surface area contributed by atoms with Crippen LogP contribution in [0.15, 0.2) is 53.4 Å². The van der Waals surface area contributed by atoms with Gasteiger partial charge in [-0.05, 0) is 55.3 Å². The molecule has 1 atom stereocenters. The zero-order valence-electron chi connectivity index (χ0n) is 17.2. The van der Waals surface area contributed by atoms with Gasteiger partial charge in [-0.1, -0.05) is 19.1 Å². The summed E-state index contributed by atoms with van der Waals surface area (Å²) in [6, 6.07) is 13.7. The van der Waals surface area contributed by atoms with E-state index in [2.05, 4.69) is 5.32 Å². The van der Waals surface area contributed by atoms with Crippen LogP contribution in [-0.4, -0.2) is 52.0 Å². The first-order chi connectivity index (χ1) is 13.7. The molecule has 8 heteroatoms. The molecule has 0 saturated heterocycles. The Balaban J connectivity index is 1.81. The Hall–Kier alpha value is -2.58. The van der Waals surface area contributed by atoms with Gasteiger partial charge >= 0.3 is 0 Å². The summed E-state index contributed by atoms with van der Waals surface area (Å²) in [5.41, 5.74) is 1.07. The van der Waals surface area contributed by atoms with Crippen molar-refractivity contribution >= 4 is 15.9 Å². The molecule has 1 amide bonds. The van der Waals surface area contributed by atoms with Gasteiger partial charge in [0.2, 0.25) is 10.0 Å². The van der Waals surface area contributed by atoms with Crippen LogP contribution in [0.4, 0.5) is 0 Å². The Bertz CT molecular complexity index is 911. The summed E-state index contributed by atoms with van der Waals surface area (Å²) in [6.45, 7) is 4.42. The van der Waals surface area contributed by atoms with E-state index in [1.54, 1.807) is 12.1 Å². The molecule has 7 nitrogen and oxygen atoms in total. The third kappa shape index (κ3) is 6.47. The molecule has 0 saturated carbocycles. The van der Waals surface area contributed by atoms with Crippen molar-refractivity contribution in [2.75, 3.05) is 27.2 Å². The van der Waals surface area contributed by atoms with Gasteiger partial charge < -0.3 is 14.8 Å². The number of hydrogen-bond donors (Lipinski definition) is 1. The lowest BCUT2D eigenvalue weighted by molar-refractivity contribution is -0.128. The molecule has 0 heterocycles.